The molecule has 78 valence electrons. The minimum atomic E-state index is -0.647. The molecule has 0 aliphatic heterocycles. The number of nitrogens with two attached hydrogens (primary N) is 1. The summed E-state index contributed by atoms with van der Waals surface area (Å²) in [5.74, 6) is 1.39. The molecule has 0 saturated heterocycles. The lowest BCUT2D eigenvalue weighted by molar-refractivity contribution is 0.560. The molecule has 0 spiro atoms. The molecular formula is C11H14N4. The molecule has 4 heteroatoms. The number of aromatic nitrogens is 3. The van der Waals surface area contributed by atoms with E-state index in [9.17, 15) is 0 Å². The molecule has 4 nitrogen and oxygen atoms in total. The van der Waals surface area contributed by atoms with Crippen LogP contribution in [-0.2, 0) is 5.54 Å². The highest BCUT2D eigenvalue weighted by Crippen LogP contribution is 2.22. The topological polar surface area (TPSA) is 67.6 Å². The van der Waals surface area contributed by atoms with Crippen molar-refractivity contribution in [2.75, 3.05) is 0 Å². The molecule has 1 heterocycles. The van der Waals surface area contributed by atoms with Crippen LogP contribution in [0.25, 0.3) is 0 Å². The number of hydrogen-bond acceptors (Lipinski definition) is 3. The molecular weight excluding hydrogens is 188 g/mol. The van der Waals surface area contributed by atoms with Crippen molar-refractivity contribution >= 4 is 0 Å². The zero-order valence-corrected chi connectivity index (χ0v) is 8.86. The second-order valence-electron chi connectivity index (χ2n) is 3.81. The summed E-state index contributed by atoms with van der Waals surface area (Å²) in [6, 6.07) is 9.83. The number of rotatable bonds is 2. The van der Waals surface area contributed by atoms with Gasteiger partial charge in [0.1, 0.15) is 11.4 Å². The van der Waals surface area contributed by atoms with Crippen LogP contribution in [0.5, 0.6) is 0 Å². The quantitative estimate of drug-likeness (QED) is 0.772. The van der Waals surface area contributed by atoms with Gasteiger partial charge in [-0.2, -0.15) is 5.10 Å². The van der Waals surface area contributed by atoms with Crippen LogP contribution in [-0.4, -0.2) is 15.2 Å². The number of aryl methyl sites for hydroxylation is 1. The minimum absolute atomic E-state index is 0.617. The first-order valence-corrected chi connectivity index (χ1v) is 4.84. The van der Waals surface area contributed by atoms with Crippen LogP contribution in [0.3, 0.4) is 0 Å². The molecule has 0 radical (unpaired) electrons. The highest BCUT2D eigenvalue weighted by molar-refractivity contribution is 5.29. The van der Waals surface area contributed by atoms with Gasteiger partial charge in [-0.1, -0.05) is 30.3 Å². The van der Waals surface area contributed by atoms with Gasteiger partial charge in [0.15, 0.2) is 5.82 Å². The molecule has 2 rings (SSSR count). The van der Waals surface area contributed by atoms with E-state index in [2.05, 4.69) is 15.2 Å². The molecule has 2 aromatic rings. The summed E-state index contributed by atoms with van der Waals surface area (Å²) in [6.07, 6.45) is 0. The minimum Gasteiger partial charge on any atom is -0.315 e. The maximum absolute atomic E-state index is 6.23. The summed E-state index contributed by atoms with van der Waals surface area (Å²) in [5, 5.41) is 6.91. The first-order valence-electron chi connectivity index (χ1n) is 4.84. The van der Waals surface area contributed by atoms with Crippen LogP contribution in [0.15, 0.2) is 30.3 Å². The lowest BCUT2D eigenvalue weighted by atomic mass is 9.93. The first-order chi connectivity index (χ1) is 7.10. The van der Waals surface area contributed by atoms with Gasteiger partial charge in [0.25, 0.3) is 0 Å². The average molecular weight is 202 g/mol. The third kappa shape index (κ3) is 1.76. The number of nitrogens with one attached hydrogen (secondary N) is 1. The molecule has 1 aromatic heterocycles. The second-order valence-corrected chi connectivity index (χ2v) is 3.81. The van der Waals surface area contributed by atoms with E-state index in [-0.39, 0.29) is 0 Å². The van der Waals surface area contributed by atoms with Crippen LogP contribution in [0, 0.1) is 6.92 Å². The molecule has 3 N–H and O–H groups in total. The Morgan fingerprint density at radius 1 is 1.27 bits per heavy atom. The van der Waals surface area contributed by atoms with Crippen molar-refractivity contribution in [2.24, 2.45) is 5.73 Å². The third-order valence-corrected chi connectivity index (χ3v) is 2.44. The Morgan fingerprint density at radius 3 is 2.47 bits per heavy atom. The number of benzene rings is 1. The highest BCUT2D eigenvalue weighted by atomic mass is 15.2. The van der Waals surface area contributed by atoms with Gasteiger partial charge in [-0.05, 0) is 19.4 Å². The molecule has 1 atom stereocenters. The van der Waals surface area contributed by atoms with Gasteiger partial charge < -0.3 is 5.73 Å². The van der Waals surface area contributed by atoms with E-state index in [0.717, 1.165) is 11.4 Å². The molecule has 0 bridgehead atoms. The van der Waals surface area contributed by atoms with E-state index >= 15 is 0 Å². The van der Waals surface area contributed by atoms with Crippen molar-refractivity contribution in [1.82, 2.24) is 15.2 Å². The van der Waals surface area contributed by atoms with Gasteiger partial charge >= 0.3 is 0 Å². The van der Waals surface area contributed by atoms with E-state index in [4.69, 9.17) is 5.73 Å². The largest absolute Gasteiger partial charge is 0.315 e. The Morgan fingerprint density at radius 2 is 1.93 bits per heavy atom. The molecule has 0 saturated carbocycles. The van der Waals surface area contributed by atoms with Crippen LogP contribution in [0.4, 0.5) is 0 Å². The molecule has 0 fully saturated rings. The summed E-state index contributed by atoms with van der Waals surface area (Å²) in [6.45, 7) is 3.77. The fourth-order valence-corrected chi connectivity index (χ4v) is 1.49. The number of nitrogens with zero attached hydrogens (tertiary/aromatic N) is 2. The summed E-state index contributed by atoms with van der Waals surface area (Å²) in [5.41, 5.74) is 6.58. The summed E-state index contributed by atoms with van der Waals surface area (Å²) in [7, 11) is 0. The van der Waals surface area contributed by atoms with Crippen molar-refractivity contribution in [2.45, 2.75) is 19.4 Å². The van der Waals surface area contributed by atoms with Gasteiger partial charge in [-0.15, -0.1) is 0 Å². The number of H-pyrrole nitrogens is 1. The van der Waals surface area contributed by atoms with Crippen molar-refractivity contribution in [3.8, 4) is 0 Å². The molecule has 1 unspecified atom stereocenters. The molecule has 1 aromatic carbocycles. The maximum Gasteiger partial charge on any atom is 0.174 e. The molecule has 0 amide bonds. The van der Waals surface area contributed by atoms with Crippen molar-refractivity contribution in [3.05, 3.63) is 47.5 Å². The lowest BCUT2D eigenvalue weighted by Gasteiger charge is -2.21. The van der Waals surface area contributed by atoms with Gasteiger partial charge in [-0.3, -0.25) is 5.10 Å². The predicted molar refractivity (Wildman–Crippen MR) is 58.2 cm³/mol. The highest BCUT2D eigenvalue weighted by Gasteiger charge is 2.27. The SMILES string of the molecule is Cc1nc(C(C)(N)c2ccccc2)n[nH]1. The van der Waals surface area contributed by atoms with Crippen LogP contribution < -0.4 is 5.73 Å². The maximum atomic E-state index is 6.23. The zero-order chi connectivity index (χ0) is 10.9. The molecule has 0 aliphatic rings. The average Bonchev–Trinajstić information content (AvgIpc) is 2.67. The Hall–Kier alpha value is -1.68. The normalized spacial score (nSPS) is 14.9. The monoisotopic (exact) mass is 202 g/mol. The molecule has 15 heavy (non-hydrogen) atoms. The van der Waals surface area contributed by atoms with Gasteiger partial charge in [0, 0.05) is 0 Å². The summed E-state index contributed by atoms with van der Waals surface area (Å²) >= 11 is 0. The lowest BCUT2D eigenvalue weighted by Crippen LogP contribution is -2.35. The smallest absolute Gasteiger partial charge is 0.174 e. The van der Waals surface area contributed by atoms with E-state index in [1.165, 1.54) is 0 Å². The number of aromatic amines is 1. The van der Waals surface area contributed by atoms with E-state index < -0.39 is 5.54 Å². The van der Waals surface area contributed by atoms with E-state index in [0.29, 0.717) is 5.82 Å². The molecule has 0 aliphatic carbocycles. The summed E-state index contributed by atoms with van der Waals surface area (Å²) < 4.78 is 0. The van der Waals surface area contributed by atoms with Crippen molar-refractivity contribution in [1.29, 1.82) is 0 Å². The Kier molecular flexibility index (Phi) is 2.28. The Labute approximate surface area is 88.5 Å². The van der Waals surface area contributed by atoms with Gasteiger partial charge in [0.05, 0.1) is 0 Å². The summed E-state index contributed by atoms with van der Waals surface area (Å²) in [4.78, 5) is 4.27. The van der Waals surface area contributed by atoms with Crippen molar-refractivity contribution in [3.63, 3.8) is 0 Å². The Balaban J connectivity index is 2.43. The van der Waals surface area contributed by atoms with E-state index in [1.54, 1.807) is 0 Å². The predicted octanol–water partition coefficient (Wildman–Crippen LogP) is 1.34. The van der Waals surface area contributed by atoms with Crippen LogP contribution >= 0.6 is 0 Å². The van der Waals surface area contributed by atoms with Crippen LogP contribution in [0.1, 0.15) is 24.1 Å². The van der Waals surface area contributed by atoms with Crippen molar-refractivity contribution < 1.29 is 0 Å². The van der Waals surface area contributed by atoms with Gasteiger partial charge in [0.2, 0.25) is 0 Å². The standard InChI is InChI=1S/C11H14N4/c1-8-13-10(15-14-8)11(2,12)9-6-4-3-5-7-9/h3-7H,12H2,1-2H3,(H,13,14,15). The Bertz CT molecular complexity index is 445. The third-order valence-electron chi connectivity index (χ3n) is 2.44. The fourth-order valence-electron chi connectivity index (χ4n) is 1.49. The van der Waals surface area contributed by atoms with Crippen LogP contribution in [0.2, 0.25) is 0 Å². The van der Waals surface area contributed by atoms with Gasteiger partial charge in [-0.25, -0.2) is 4.98 Å². The zero-order valence-electron chi connectivity index (χ0n) is 8.86. The number of hydrogen-bond donors (Lipinski definition) is 2. The second kappa shape index (κ2) is 3.47. The first kappa shape index (κ1) is 9.86. The fraction of sp³-hybridized carbons (Fsp3) is 0.273. The van der Waals surface area contributed by atoms with E-state index in [1.807, 2.05) is 44.2 Å².